The fourth-order valence-electron chi connectivity index (χ4n) is 3.40. The normalized spacial score (nSPS) is 11.5. The molecule has 3 aromatic carbocycles. The van der Waals surface area contributed by atoms with Crippen molar-refractivity contribution in [1.29, 1.82) is 0 Å². The van der Waals surface area contributed by atoms with E-state index in [4.69, 9.17) is 0 Å². The van der Waals surface area contributed by atoms with Gasteiger partial charge in [-0.15, -0.1) is 0 Å². The lowest BCUT2D eigenvalue weighted by Gasteiger charge is -2.24. The van der Waals surface area contributed by atoms with Crippen LogP contribution in [0.5, 0.6) is 0 Å². The molecule has 12 heteroatoms. The zero-order chi connectivity index (χ0) is 26.5. The summed E-state index contributed by atoms with van der Waals surface area (Å²) < 4.78 is 55.2. The van der Waals surface area contributed by atoms with Crippen molar-refractivity contribution in [2.75, 3.05) is 20.9 Å². The molecule has 0 aliphatic heterocycles. The van der Waals surface area contributed by atoms with E-state index >= 15 is 0 Å². The topological polar surface area (TPSA) is 138 Å². The van der Waals surface area contributed by atoms with Crippen molar-refractivity contribution in [3.63, 3.8) is 0 Å². The lowest BCUT2D eigenvalue weighted by Crippen LogP contribution is -2.38. The highest BCUT2D eigenvalue weighted by atomic mass is 32.2. The van der Waals surface area contributed by atoms with Crippen LogP contribution in [0.15, 0.2) is 107 Å². The molecule has 10 nitrogen and oxygen atoms in total. The van der Waals surface area contributed by atoms with Crippen LogP contribution in [-0.2, 0) is 24.8 Å². The number of anilines is 3. The van der Waals surface area contributed by atoms with Crippen LogP contribution in [0.4, 0.5) is 17.3 Å². The quantitative estimate of drug-likeness (QED) is 0.334. The smallest absolute Gasteiger partial charge is 0.264 e. The van der Waals surface area contributed by atoms with E-state index in [1.807, 2.05) is 13.0 Å². The van der Waals surface area contributed by atoms with Gasteiger partial charge < -0.3 is 5.32 Å². The molecule has 4 rings (SSSR count). The van der Waals surface area contributed by atoms with Crippen LogP contribution < -0.4 is 14.3 Å². The molecule has 0 aliphatic rings. The average Bonchev–Trinajstić information content (AvgIpc) is 2.88. The van der Waals surface area contributed by atoms with Gasteiger partial charge in [0.25, 0.3) is 20.0 Å². The molecule has 2 N–H and O–H groups in total. The van der Waals surface area contributed by atoms with E-state index < -0.39 is 32.5 Å². The summed E-state index contributed by atoms with van der Waals surface area (Å²) in [7, 11) is -7.98. The van der Waals surface area contributed by atoms with Crippen LogP contribution in [-0.4, -0.2) is 39.3 Å². The van der Waals surface area contributed by atoms with Crippen molar-refractivity contribution in [2.24, 2.45) is 0 Å². The maximum absolute atomic E-state index is 13.4. The number of aryl methyl sites for hydroxylation is 1. The van der Waals surface area contributed by atoms with Gasteiger partial charge in [0.1, 0.15) is 6.54 Å². The lowest BCUT2D eigenvalue weighted by molar-refractivity contribution is -0.114. The second kappa shape index (κ2) is 10.8. The van der Waals surface area contributed by atoms with E-state index in [1.165, 1.54) is 48.8 Å². The Morgan fingerprint density at radius 3 is 2.14 bits per heavy atom. The van der Waals surface area contributed by atoms with Gasteiger partial charge in [-0.05, 0) is 67.1 Å². The molecule has 0 unspecified atom stereocenters. The fraction of sp³-hybridized carbons (Fsp3) is 0.0800. The van der Waals surface area contributed by atoms with Gasteiger partial charge in [-0.25, -0.2) is 31.5 Å². The Hall–Kier alpha value is -4.29. The molecule has 0 saturated carbocycles. The highest BCUT2D eigenvalue weighted by Gasteiger charge is 2.27. The first-order valence-electron chi connectivity index (χ1n) is 11.0. The summed E-state index contributed by atoms with van der Waals surface area (Å²) in [6, 6.07) is 21.6. The number of carbonyl (C=O) groups excluding carboxylic acids is 1. The summed E-state index contributed by atoms with van der Waals surface area (Å²) in [6.45, 7) is 1.33. The number of amides is 1. The average molecular weight is 538 g/mol. The molecule has 4 aromatic rings. The summed E-state index contributed by atoms with van der Waals surface area (Å²) in [6.07, 6.45) is 2.81. The van der Waals surface area contributed by atoms with Gasteiger partial charge in [0.15, 0.2) is 0 Å². The zero-order valence-corrected chi connectivity index (χ0v) is 21.3. The van der Waals surface area contributed by atoms with Gasteiger partial charge in [0.05, 0.1) is 15.5 Å². The third-order valence-electron chi connectivity index (χ3n) is 5.15. The Labute approximate surface area is 215 Å². The third kappa shape index (κ3) is 6.29. The summed E-state index contributed by atoms with van der Waals surface area (Å²) in [5, 5.41) is 2.62. The summed E-state index contributed by atoms with van der Waals surface area (Å²) in [4.78, 5) is 20.6. The number of nitrogens with one attached hydrogen (secondary N) is 2. The summed E-state index contributed by atoms with van der Waals surface area (Å²) in [5.74, 6) is -0.678. The number of rotatable bonds is 9. The predicted molar refractivity (Wildman–Crippen MR) is 140 cm³/mol. The Balaban J connectivity index is 1.53. The maximum Gasteiger partial charge on any atom is 0.264 e. The SMILES string of the molecule is Cc1cccc(N(CC(=O)Nc2ccc(S(=O)(=O)Nc3ncccn3)cc2)S(=O)(=O)c2ccccc2)c1. The first-order valence-corrected chi connectivity index (χ1v) is 13.9. The number of hydrogen-bond acceptors (Lipinski definition) is 7. The third-order valence-corrected chi connectivity index (χ3v) is 8.28. The molecule has 0 spiro atoms. The first-order chi connectivity index (χ1) is 17.6. The number of nitrogens with zero attached hydrogens (tertiary/aromatic N) is 3. The van der Waals surface area contributed by atoms with Crippen LogP contribution in [0.1, 0.15) is 5.56 Å². The molecule has 0 radical (unpaired) electrons. The summed E-state index contributed by atoms with van der Waals surface area (Å²) in [5.41, 5.74) is 1.47. The fourth-order valence-corrected chi connectivity index (χ4v) is 5.79. The zero-order valence-electron chi connectivity index (χ0n) is 19.6. The number of benzene rings is 3. The Morgan fingerprint density at radius 1 is 0.811 bits per heavy atom. The van der Waals surface area contributed by atoms with Gasteiger partial charge in [-0.3, -0.25) is 9.10 Å². The molecule has 1 aromatic heterocycles. The van der Waals surface area contributed by atoms with Crippen LogP contribution >= 0.6 is 0 Å². The molecule has 1 heterocycles. The Kier molecular flexibility index (Phi) is 7.50. The van der Waals surface area contributed by atoms with Gasteiger partial charge in [0, 0.05) is 18.1 Å². The van der Waals surface area contributed by atoms with Gasteiger partial charge in [0.2, 0.25) is 11.9 Å². The minimum atomic E-state index is -4.04. The molecule has 0 aliphatic carbocycles. The molecule has 1 amide bonds. The maximum atomic E-state index is 13.4. The van der Waals surface area contributed by atoms with Crippen molar-refractivity contribution in [1.82, 2.24) is 9.97 Å². The van der Waals surface area contributed by atoms with Gasteiger partial charge in [-0.1, -0.05) is 30.3 Å². The standard InChI is InChI=1S/C25H23N5O5S2/c1-19-7-5-8-21(17-19)30(37(34,35)23-9-3-2-4-10-23)18-24(31)28-20-11-13-22(14-12-20)36(32,33)29-25-26-15-6-16-27-25/h2-17H,18H2,1H3,(H,28,31)(H,26,27,29). The molecule has 0 atom stereocenters. The minimum absolute atomic E-state index is 0.0498. The minimum Gasteiger partial charge on any atom is -0.325 e. The molecule has 190 valence electrons. The molecular weight excluding hydrogens is 514 g/mol. The van der Waals surface area contributed by atoms with Crippen LogP contribution in [0.2, 0.25) is 0 Å². The van der Waals surface area contributed by atoms with Crippen molar-refractivity contribution in [2.45, 2.75) is 16.7 Å². The number of hydrogen-bond donors (Lipinski definition) is 2. The highest BCUT2D eigenvalue weighted by molar-refractivity contribution is 7.93. The van der Waals surface area contributed by atoms with Crippen molar-refractivity contribution >= 4 is 43.3 Å². The van der Waals surface area contributed by atoms with Gasteiger partial charge >= 0.3 is 0 Å². The van der Waals surface area contributed by atoms with Crippen molar-refractivity contribution in [3.8, 4) is 0 Å². The van der Waals surface area contributed by atoms with Crippen LogP contribution in [0.3, 0.4) is 0 Å². The monoisotopic (exact) mass is 537 g/mol. The van der Waals surface area contributed by atoms with Crippen LogP contribution in [0.25, 0.3) is 0 Å². The Bertz CT molecular complexity index is 1600. The van der Waals surface area contributed by atoms with E-state index in [-0.39, 0.29) is 15.7 Å². The van der Waals surface area contributed by atoms with Crippen molar-refractivity contribution < 1.29 is 21.6 Å². The molecular formula is C25H23N5O5S2. The molecule has 0 bridgehead atoms. The summed E-state index contributed by atoms with van der Waals surface area (Å²) >= 11 is 0. The van der Waals surface area contributed by atoms with E-state index in [0.29, 0.717) is 11.4 Å². The number of aromatic nitrogens is 2. The van der Waals surface area contributed by atoms with E-state index in [1.54, 1.807) is 42.5 Å². The Morgan fingerprint density at radius 2 is 1.49 bits per heavy atom. The van der Waals surface area contributed by atoms with Gasteiger partial charge in [-0.2, -0.15) is 0 Å². The first kappa shape index (κ1) is 25.8. The molecule has 0 fully saturated rings. The second-order valence-corrected chi connectivity index (χ2v) is 11.5. The van der Waals surface area contributed by atoms with Crippen molar-refractivity contribution in [3.05, 3.63) is 103 Å². The number of sulfonamides is 2. The highest BCUT2D eigenvalue weighted by Crippen LogP contribution is 2.25. The molecule has 0 saturated heterocycles. The van der Waals surface area contributed by atoms with E-state index in [9.17, 15) is 21.6 Å². The lowest BCUT2D eigenvalue weighted by atomic mass is 10.2. The largest absolute Gasteiger partial charge is 0.325 e. The van der Waals surface area contributed by atoms with E-state index in [0.717, 1.165) is 9.87 Å². The van der Waals surface area contributed by atoms with Crippen LogP contribution in [0, 0.1) is 6.92 Å². The predicted octanol–water partition coefficient (Wildman–Crippen LogP) is 3.42. The second-order valence-electron chi connectivity index (χ2n) is 7.91. The number of carbonyl (C=O) groups is 1. The van der Waals surface area contributed by atoms with E-state index in [2.05, 4.69) is 20.0 Å². The molecule has 37 heavy (non-hydrogen) atoms.